The van der Waals surface area contributed by atoms with E-state index in [0.29, 0.717) is 0 Å². The number of nitrogens with one attached hydrogen (secondary N) is 1. The zero-order valence-electron chi connectivity index (χ0n) is 11.3. The lowest BCUT2D eigenvalue weighted by molar-refractivity contribution is 0.627. The molecule has 0 fully saturated rings. The fourth-order valence-corrected chi connectivity index (χ4v) is 3.11. The second kappa shape index (κ2) is 5.59. The van der Waals surface area contributed by atoms with Gasteiger partial charge in [-0.25, -0.2) is 0 Å². The molecule has 3 nitrogen and oxygen atoms in total. The Hall–Kier alpha value is -1.26. The molecule has 0 spiro atoms. The van der Waals surface area contributed by atoms with Crippen LogP contribution < -0.4 is 5.32 Å². The molecule has 1 unspecified atom stereocenters. The van der Waals surface area contributed by atoms with Gasteiger partial charge in [-0.2, -0.15) is 10.2 Å². The molecule has 0 bridgehead atoms. The molecule has 18 heavy (non-hydrogen) atoms. The van der Waals surface area contributed by atoms with Gasteiger partial charge in [-0.15, -0.1) is 11.3 Å². The minimum atomic E-state index is 0.226. The average molecular weight is 261 g/mol. The molecular formula is C14H19N3S. The number of hydrogen-bond donors (Lipinski definition) is 1. The molecule has 1 atom stereocenters. The monoisotopic (exact) mass is 261 g/mol. The van der Waals surface area contributed by atoms with Gasteiger partial charge in [-0.05, 0) is 56.0 Å². The normalized spacial score (nSPS) is 12.7. The number of hydrogen-bond acceptors (Lipinski definition) is 4. The van der Waals surface area contributed by atoms with Crippen LogP contribution >= 0.6 is 11.3 Å². The summed E-state index contributed by atoms with van der Waals surface area (Å²) in [6.07, 6.45) is 0. The van der Waals surface area contributed by atoms with Crippen LogP contribution in [-0.4, -0.2) is 16.7 Å². The van der Waals surface area contributed by atoms with E-state index in [1.807, 2.05) is 13.8 Å². The van der Waals surface area contributed by atoms with Crippen LogP contribution in [0.25, 0.3) is 0 Å². The molecule has 0 aliphatic rings. The summed E-state index contributed by atoms with van der Waals surface area (Å²) in [6.45, 7) is 9.23. The van der Waals surface area contributed by atoms with Gasteiger partial charge in [0.05, 0.1) is 17.4 Å². The van der Waals surface area contributed by atoms with Gasteiger partial charge in [0, 0.05) is 4.88 Å². The Labute approximate surface area is 112 Å². The fourth-order valence-electron chi connectivity index (χ4n) is 2.09. The first-order valence-electron chi connectivity index (χ1n) is 6.21. The van der Waals surface area contributed by atoms with E-state index in [1.165, 1.54) is 16.0 Å². The van der Waals surface area contributed by atoms with Gasteiger partial charge in [-0.3, -0.25) is 0 Å². The molecular weight excluding hydrogens is 242 g/mol. The Bertz CT molecular complexity index is 534. The van der Waals surface area contributed by atoms with Crippen LogP contribution in [0.5, 0.6) is 0 Å². The van der Waals surface area contributed by atoms with Crippen molar-refractivity contribution < 1.29 is 0 Å². The molecule has 96 valence electrons. The molecule has 0 radical (unpaired) electrons. The van der Waals surface area contributed by atoms with Gasteiger partial charge < -0.3 is 5.32 Å². The van der Waals surface area contributed by atoms with Crippen LogP contribution in [0.2, 0.25) is 0 Å². The number of nitrogens with zero attached hydrogens (tertiary/aromatic N) is 2. The van der Waals surface area contributed by atoms with E-state index < -0.39 is 0 Å². The Balaban J connectivity index is 2.48. The highest BCUT2D eigenvalue weighted by atomic mass is 32.1. The Morgan fingerprint density at radius 2 is 2.06 bits per heavy atom. The molecule has 0 saturated heterocycles. The number of aryl methyl sites for hydroxylation is 3. The van der Waals surface area contributed by atoms with E-state index in [9.17, 15) is 0 Å². The fraction of sp³-hybridized carbons (Fsp3) is 0.429. The maximum Gasteiger partial charge on any atom is 0.0692 e. The van der Waals surface area contributed by atoms with E-state index in [-0.39, 0.29) is 6.04 Å². The Kier molecular flexibility index (Phi) is 4.09. The molecule has 4 heteroatoms. The van der Waals surface area contributed by atoms with Crippen molar-refractivity contribution in [1.82, 2.24) is 15.5 Å². The number of aromatic nitrogens is 2. The summed E-state index contributed by atoms with van der Waals surface area (Å²) in [4.78, 5) is 1.37. The summed E-state index contributed by atoms with van der Waals surface area (Å²) in [6, 6.07) is 4.53. The van der Waals surface area contributed by atoms with Gasteiger partial charge in [0.15, 0.2) is 0 Å². The van der Waals surface area contributed by atoms with Crippen LogP contribution in [-0.2, 0) is 0 Å². The Morgan fingerprint density at radius 1 is 1.28 bits per heavy atom. The first-order valence-corrected chi connectivity index (χ1v) is 7.09. The van der Waals surface area contributed by atoms with Crippen molar-refractivity contribution in [3.05, 3.63) is 44.9 Å². The van der Waals surface area contributed by atoms with Crippen LogP contribution in [0, 0.1) is 20.8 Å². The van der Waals surface area contributed by atoms with Crippen molar-refractivity contribution in [3.63, 3.8) is 0 Å². The predicted octanol–water partition coefficient (Wildman–Crippen LogP) is 3.16. The van der Waals surface area contributed by atoms with Crippen molar-refractivity contribution in [2.75, 3.05) is 6.54 Å². The van der Waals surface area contributed by atoms with Crippen LogP contribution in [0.15, 0.2) is 17.5 Å². The van der Waals surface area contributed by atoms with Crippen molar-refractivity contribution in [2.24, 2.45) is 0 Å². The molecule has 1 N–H and O–H groups in total. The van der Waals surface area contributed by atoms with Crippen molar-refractivity contribution in [2.45, 2.75) is 33.7 Å². The summed E-state index contributed by atoms with van der Waals surface area (Å²) < 4.78 is 0. The highest BCUT2D eigenvalue weighted by Crippen LogP contribution is 2.30. The molecule has 0 aliphatic carbocycles. The number of rotatable bonds is 4. The smallest absolute Gasteiger partial charge is 0.0692 e. The van der Waals surface area contributed by atoms with Gasteiger partial charge in [0.2, 0.25) is 0 Å². The predicted molar refractivity (Wildman–Crippen MR) is 76.1 cm³/mol. The molecule has 2 aromatic rings. The molecule has 0 aromatic carbocycles. The molecule has 0 amide bonds. The first kappa shape index (κ1) is 13.2. The summed E-state index contributed by atoms with van der Waals surface area (Å²) in [5, 5.41) is 14.0. The average Bonchev–Trinajstić information content (AvgIpc) is 2.76. The molecule has 0 saturated carbocycles. The van der Waals surface area contributed by atoms with Crippen molar-refractivity contribution >= 4 is 11.3 Å². The lowest BCUT2D eigenvalue weighted by atomic mass is 10.0. The molecule has 2 heterocycles. The topological polar surface area (TPSA) is 37.8 Å². The van der Waals surface area contributed by atoms with Gasteiger partial charge in [-0.1, -0.05) is 6.92 Å². The van der Waals surface area contributed by atoms with Crippen LogP contribution in [0.1, 0.15) is 40.4 Å². The molecule has 2 aromatic heterocycles. The van der Waals surface area contributed by atoms with Gasteiger partial charge >= 0.3 is 0 Å². The van der Waals surface area contributed by atoms with Crippen LogP contribution in [0.4, 0.5) is 0 Å². The second-order valence-electron chi connectivity index (χ2n) is 4.49. The first-order chi connectivity index (χ1) is 8.63. The third-order valence-electron chi connectivity index (χ3n) is 3.02. The number of thiophene rings is 1. The third kappa shape index (κ3) is 2.60. The van der Waals surface area contributed by atoms with E-state index in [4.69, 9.17) is 0 Å². The third-order valence-corrected chi connectivity index (χ3v) is 4.11. The highest BCUT2D eigenvalue weighted by molar-refractivity contribution is 7.10. The molecule has 2 rings (SSSR count). The zero-order chi connectivity index (χ0) is 13.1. The summed E-state index contributed by atoms with van der Waals surface area (Å²) in [5.41, 5.74) is 4.53. The lowest BCUT2D eigenvalue weighted by Crippen LogP contribution is -2.23. The Morgan fingerprint density at radius 3 is 2.67 bits per heavy atom. The minimum absolute atomic E-state index is 0.226. The molecule has 0 aliphatic heterocycles. The van der Waals surface area contributed by atoms with Gasteiger partial charge in [0.25, 0.3) is 0 Å². The standard InChI is InChI=1S/C14H19N3S/c1-5-15-13(14-9(2)6-7-18-14)12-8-10(3)16-17-11(12)4/h6-8,13,15H,5H2,1-4H3. The highest BCUT2D eigenvalue weighted by Gasteiger charge is 2.19. The SMILES string of the molecule is CCNC(c1cc(C)nnc1C)c1sccc1C. The van der Waals surface area contributed by atoms with E-state index in [2.05, 4.69) is 46.9 Å². The maximum absolute atomic E-state index is 4.24. The lowest BCUT2D eigenvalue weighted by Gasteiger charge is -2.19. The van der Waals surface area contributed by atoms with E-state index >= 15 is 0 Å². The quantitative estimate of drug-likeness (QED) is 0.918. The minimum Gasteiger partial charge on any atom is -0.306 e. The summed E-state index contributed by atoms with van der Waals surface area (Å²) in [7, 11) is 0. The van der Waals surface area contributed by atoms with Crippen LogP contribution in [0.3, 0.4) is 0 Å². The summed E-state index contributed by atoms with van der Waals surface area (Å²) in [5.74, 6) is 0. The van der Waals surface area contributed by atoms with Gasteiger partial charge in [0.1, 0.15) is 0 Å². The van der Waals surface area contributed by atoms with Crippen molar-refractivity contribution in [3.8, 4) is 0 Å². The van der Waals surface area contributed by atoms with E-state index in [0.717, 1.165) is 17.9 Å². The largest absolute Gasteiger partial charge is 0.306 e. The van der Waals surface area contributed by atoms with Crippen molar-refractivity contribution in [1.29, 1.82) is 0 Å². The zero-order valence-corrected chi connectivity index (χ0v) is 12.1. The summed E-state index contributed by atoms with van der Waals surface area (Å²) >= 11 is 1.80. The second-order valence-corrected chi connectivity index (χ2v) is 5.43. The van der Waals surface area contributed by atoms with E-state index in [1.54, 1.807) is 11.3 Å². The maximum atomic E-state index is 4.24.